The van der Waals surface area contributed by atoms with Crippen molar-refractivity contribution in [1.29, 1.82) is 0 Å². The van der Waals surface area contributed by atoms with E-state index in [1.165, 1.54) is 39.1 Å². The summed E-state index contributed by atoms with van der Waals surface area (Å²) < 4.78 is 19.1. The van der Waals surface area contributed by atoms with Crippen molar-refractivity contribution in [2.75, 3.05) is 38.2 Å². The topological polar surface area (TPSA) is 28.6 Å². The summed E-state index contributed by atoms with van der Waals surface area (Å²) in [5, 5.41) is 0. The fourth-order valence-corrected chi connectivity index (χ4v) is 5.19. The minimum absolute atomic E-state index is 0.271. The molecule has 6 rings (SSSR count). The van der Waals surface area contributed by atoms with E-state index in [0.29, 0.717) is 6.04 Å². The van der Waals surface area contributed by atoms with Gasteiger partial charge in [0.1, 0.15) is 0 Å². The second-order valence-electron chi connectivity index (χ2n) is 8.01. The highest BCUT2D eigenvalue weighted by atomic mass is 19.1. The van der Waals surface area contributed by atoms with Crippen LogP contribution in [0.4, 0.5) is 10.1 Å². The molecule has 4 aliphatic heterocycles. The Balaban J connectivity index is 1.47. The Morgan fingerprint density at radius 2 is 1.88 bits per heavy atom. The van der Waals surface area contributed by atoms with Gasteiger partial charge in [-0.3, -0.25) is 4.98 Å². The van der Waals surface area contributed by atoms with Gasteiger partial charge in [-0.2, -0.15) is 0 Å². The summed E-state index contributed by atoms with van der Waals surface area (Å²) >= 11 is 0. The summed E-state index contributed by atoms with van der Waals surface area (Å²) in [6, 6.07) is 7.84. The normalized spacial score (nSPS) is 29.7. The van der Waals surface area contributed by atoms with E-state index in [2.05, 4.69) is 20.9 Å². The first-order chi connectivity index (χ1) is 12.7. The Morgan fingerprint density at radius 3 is 2.69 bits per heavy atom. The van der Waals surface area contributed by atoms with E-state index in [-0.39, 0.29) is 11.6 Å². The second kappa shape index (κ2) is 6.23. The van der Waals surface area contributed by atoms with Gasteiger partial charge in [-0.15, -0.1) is 0 Å². The average Bonchev–Trinajstić information content (AvgIpc) is 2.85. The van der Waals surface area contributed by atoms with Crippen LogP contribution in [0.15, 0.2) is 36.7 Å². The van der Waals surface area contributed by atoms with Crippen LogP contribution in [0, 0.1) is 17.7 Å². The molecule has 1 aromatic carbocycles. The number of ether oxygens (including phenoxy) is 1. The zero-order valence-corrected chi connectivity index (χ0v) is 15.1. The summed E-state index contributed by atoms with van der Waals surface area (Å²) in [4.78, 5) is 9.67. The molecule has 0 aliphatic carbocycles. The first-order valence-corrected chi connectivity index (χ1v) is 9.47. The molecule has 4 unspecified atom stereocenters. The predicted octanol–water partition coefficient (Wildman–Crippen LogP) is 3.43. The van der Waals surface area contributed by atoms with Gasteiger partial charge >= 0.3 is 0 Å². The molecule has 4 saturated heterocycles. The van der Waals surface area contributed by atoms with Crippen LogP contribution < -0.4 is 9.64 Å². The van der Waals surface area contributed by atoms with E-state index >= 15 is 0 Å². The van der Waals surface area contributed by atoms with Crippen molar-refractivity contribution in [2.24, 2.45) is 11.8 Å². The molecular weight excluding hydrogens is 329 g/mol. The lowest BCUT2D eigenvalue weighted by Crippen LogP contribution is -2.49. The molecule has 5 heterocycles. The van der Waals surface area contributed by atoms with Crippen LogP contribution >= 0.6 is 0 Å². The van der Waals surface area contributed by atoms with Crippen molar-refractivity contribution in [2.45, 2.75) is 18.9 Å². The first kappa shape index (κ1) is 16.1. The third kappa shape index (κ3) is 2.75. The van der Waals surface area contributed by atoms with Crippen LogP contribution in [0.25, 0.3) is 11.1 Å². The number of anilines is 1. The Hall–Kier alpha value is -2.14. The number of aromatic nitrogens is 1. The maximum absolute atomic E-state index is 14.1. The highest BCUT2D eigenvalue weighted by Gasteiger charge is 2.41. The van der Waals surface area contributed by atoms with Gasteiger partial charge in [-0.25, -0.2) is 4.39 Å². The van der Waals surface area contributed by atoms with Crippen molar-refractivity contribution in [3.63, 3.8) is 0 Å². The van der Waals surface area contributed by atoms with Crippen molar-refractivity contribution in [1.82, 2.24) is 9.88 Å². The zero-order chi connectivity index (χ0) is 17.7. The lowest BCUT2D eigenvalue weighted by Gasteiger charge is -2.41. The standard InChI is InChI=1S/C21H24FN3O/c1-26-21-3-2-16(7-20(21)22)17-6-18(9-23-8-17)25-12-15-4-14-5-19(25)13-24(10-14)11-15/h2-3,6-9,14-15,19H,4-5,10-13H2,1H3. The van der Waals surface area contributed by atoms with Crippen molar-refractivity contribution >= 4 is 5.69 Å². The SMILES string of the molecule is COc1ccc(-c2cncc(N3CC4CC5CC3CN(C5)C4)c2)cc1F. The van der Waals surface area contributed by atoms with Crippen molar-refractivity contribution in [3.05, 3.63) is 42.5 Å². The lowest BCUT2D eigenvalue weighted by molar-refractivity contribution is 0.0980. The van der Waals surface area contributed by atoms with Gasteiger partial charge in [0, 0.05) is 44.0 Å². The third-order valence-electron chi connectivity index (χ3n) is 6.21. The number of pyridine rings is 1. The van der Waals surface area contributed by atoms with Crippen LogP contribution in [-0.2, 0) is 0 Å². The highest BCUT2D eigenvalue weighted by Crippen LogP contribution is 2.39. The molecule has 4 aliphatic rings. The van der Waals surface area contributed by atoms with Gasteiger partial charge in [0.2, 0.25) is 0 Å². The molecule has 4 bridgehead atoms. The second-order valence-corrected chi connectivity index (χ2v) is 8.01. The van der Waals surface area contributed by atoms with Gasteiger partial charge in [0.25, 0.3) is 0 Å². The smallest absolute Gasteiger partial charge is 0.165 e. The number of halogens is 1. The van der Waals surface area contributed by atoms with Crippen LogP contribution in [-0.4, -0.2) is 49.2 Å². The quantitative estimate of drug-likeness (QED) is 0.845. The molecule has 4 nitrogen and oxygen atoms in total. The molecule has 2 aromatic rings. The van der Waals surface area contributed by atoms with Crippen LogP contribution in [0.1, 0.15) is 12.8 Å². The monoisotopic (exact) mass is 353 g/mol. The molecule has 0 saturated carbocycles. The van der Waals surface area contributed by atoms with E-state index in [9.17, 15) is 4.39 Å². The Morgan fingerprint density at radius 1 is 1.00 bits per heavy atom. The molecule has 0 spiro atoms. The Labute approximate surface area is 153 Å². The molecule has 26 heavy (non-hydrogen) atoms. The summed E-state index contributed by atoms with van der Waals surface area (Å²) in [5.74, 6) is 1.54. The fourth-order valence-electron chi connectivity index (χ4n) is 5.19. The molecular formula is C21H24FN3O. The minimum Gasteiger partial charge on any atom is -0.494 e. The number of hydrogen-bond acceptors (Lipinski definition) is 4. The molecule has 0 amide bonds. The van der Waals surface area contributed by atoms with Crippen LogP contribution in [0.5, 0.6) is 5.75 Å². The zero-order valence-electron chi connectivity index (χ0n) is 15.1. The fraction of sp³-hybridized carbons (Fsp3) is 0.476. The van der Waals surface area contributed by atoms with E-state index in [1.807, 2.05) is 18.5 Å². The largest absolute Gasteiger partial charge is 0.494 e. The molecule has 0 N–H and O–H groups in total. The van der Waals surface area contributed by atoms with Gasteiger partial charge in [0.05, 0.1) is 19.0 Å². The molecule has 4 atom stereocenters. The molecule has 0 radical (unpaired) electrons. The number of hydrogen-bond donors (Lipinski definition) is 0. The van der Waals surface area contributed by atoms with E-state index in [1.54, 1.807) is 6.07 Å². The third-order valence-corrected chi connectivity index (χ3v) is 6.21. The molecule has 4 fully saturated rings. The lowest BCUT2D eigenvalue weighted by atomic mass is 9.84. The van der Waals surface area contributed by atoms with Crippen molar-refractivity contribution in [3.8, 4) is 16.9 Å². The van der Waals surface area contributed by atoms with Gasteiger partial charge in [-0.1, -0.05) is 6.07 Å². The highest BCUT2D eigenvalue weighted by molar-refractivity contribution is 5.68. The maximum Gasteiger partial charge on any atom is 0.165 e. The number of methoxy groups -OCH3 is 1. The maximum atomic E-state index is 14.1. The number of fused-ring (bicyclic) bond motifs is 1. The number of piperidine rings is 2. The average molecular weight is 353 g/mol. The van der Waals surface area contributed by atoms with E-state index < -0.39 is 0 Å². The summed E-state index contributed by atoms with van der Waals surface area (Å²) in [6.45, 7) is 4.79. The molecule has 136 valence electrons. The Kier molecular flexibility index (Phi) is 3.85. The molecule has 1 aromatic heterocycles. The Bertz CT molecular complexity index is 813. The molecule has 5 heteroatoms. The number of benzene rings is 1. The van der Waals surface area contributed by atoms with Gasteiger partial charge in [0.15, 0.2) is 11.6 Å². The minimum atomic E-state index is -0.339. The summed E-state index contributed by atoms with van der Waals surface area (Å²) in [5.41, 5.74) is 2.95. The predicted molar refractivity (Wildman–Crippen MR) is 100.0 cm³/mol. The van der Waals surface area contributed by atoms with Gasteiger partial charge < -0.3 is 14.5 Å². The number of rotatable bonds is 3. The number of nitrogens with zero attached hydrogens (tertiary/aromatic N) is 3. The first-order valence-electron chi connectivity index (χ1n) is 9.47. The van der Waals surface area contributed by atoms with Gasteiger partial charge in [-0.05, 0) is 48.4 Å². The summed E-state index contributed by atoms with van der Waals surface area (Å²) in [6.07, 6.45) is 6.43. The van der Waals surface area contributed by atoms with Crippen LogP contribution in [0.3, 0.4) is 0 Å². The summed E-state index contributed by atoms with van der Waals surface area (Å²) in [7, 11) is 1.48. The van der Waals surface area contributed by atoms with Crippen molar-refractivity contribution < 1.29 is 9.13 Å². The van der Waals surface area contributed by atoms with E-state index in [4.69, 9.17) is 4.74 Å². The van der Waals surface area contributed by atoms with E-state index in [0.717, 1.165) is 41.7 Å². The van der Waals surface area contributed by atoms with Crippen LogP contribution in [0.2, 0.25) is 0 Å².